The van der Waals surface area contributed by atoms with E-state index in [2.05, 4.69) is 0 Å². The Labute approximate surface area is 98.3 Å². The second-order valence-electron chi connectivity index (χ2n) is 3.51. The van der Waals surface area contributed by atoms with Crippen LogP contribution in [0.5, 0.6) is 0 Å². The number of hydrogen-bond donors (Lipinski definition) is 2. The first kappa shape index (κ1) is 18.1. The summed E-state index contributed by atoms with van der Waals surface area (Å²) in [5.41, 5.74) is 0. The minimum absolute atomic E-state index is 0.0390. The maximum atomic E-state index is 8.45. The summed E-state index contributed by atoms with van der Waals surface area (Å²) in [6.07, 6.45) is 0.886. The van der Waals surface area contributed by atoms with Crippen LogP contribution >= 0.6 is 0 Å². The molecule has 0 heterocycles. The van der Waals surface area contributed by atoms with Gasteiger partial charge in [-0.15, -0.1) is 0 Å². The molecule has 0 atom stereocenters. The SMILES string of the molecule is CCCN(OCCO)OCCO.CN(C)C. The van der Waals surface area contributed by atoms with E-state index >= 15 is 0 Å². The zero-order valence-electron chi connectivity index (χ0n) is 10.8. The number of nitrogens with zero attached hydrogens (tertiary/aromatic N) is 2. The Morgan fingerprint density at radius 1 is 0.938 bits per heavy atom. The van der Waals surface area contributed by atoms with Gasteiger partial charge in [0.25, 0.3) is 0 Å². The van der Waals surface area contributed by atoms with E-state index in [4.69, 9.17) is 19.9 Å². The molecule has 0 aromatic heterocycles. The van der Waals surface area contributed by atoms with E-state index in [1.807, 2.05) is 33.0 Å². The molecule has 0 aromatic rings. The molecule has 16 heavy (non-hydrogen) atoms. The van der Waals surface area contributed by atoms with Crippen molar-refractivity contribution >= 4 is 0 Å². The molecule has 2 N–H and O–H groups in total. The number of rotatable bonds is 8. The molecule has 0 unspecified atom stereocenters. The Kier molecular flexibility index (Phi) is 16.7. The van der Waals surface area contributed by atoms with Crippen molar-refractivity contribution in [2.45, 2.75) is 13.3 Å². The Morgan fingerprint density at radius 3 is 1.56 bits per heavy atom. The van der Waals surface area contributed by atoms with Crippen molar-refractivity contribution in [1.29, 1.82) is 0 Å². The average Bonchev–Trinajstić information content (AvgIpc) is 2.21. The molecular formula is C10H26N2O4. The van der Waals surface area contributed by atoms with Crippen LogP contribution in [0, 0.1) is 0 Å². The van der Waals surface area contributed by atoms with Crippen molar-refractivity contribution in [3.63, 3.8) is 0 Å². The van der Waals surface area contributed by atoms with Crippen LogP contribution in [0.4, 0.5) is 0 Å². The quantitative estimate of drug-likeness (QED) is 0.567. The lowest BCUT2D eigenvalue weighted by Crippen LogP contribution is -2.28. The summed E-state index contributed by atoms with van der Waals surface area (Å²) in [5.74, 6) is 0. The maximum Gasteiger partial charge on any atom is 0.0942 e. The van der Waals surface area contributed by atoms with E-state index in [1.165, 1.54) is 5.23 Å². The van der Waals surface area contributed by atoms with Crippen molar-refractivity contribution in [3.05, 3.63) is 0 Å². The second-order valence-corrected chi connectivity index (χ2v) is 3.51. The summed E-state index contributed by atoms with van der Waals surface area (Å²) in [5, 5.41) is 18.2. The zero-order chi connectivity index (χ0) is 12.8. The van der Waals surface area contributed by atoms with Gasteiger partial charge in [-0.05, 0) is 27.6 Å². The standard InChI is InChI=1S/C7H17NO4.C3H9N/c1-2-3-8(11-6-4-9)12-7-5-10;1-4(2)3/h9-10H,2-7H2,1H3;1-3H3. The van der Waals surface area contributed by atoms with Gasteiger partial charge in [-0.25, -0.2) is 0 Å². The molecule has 0 saturated carbocycles. The van der Waals surface area contributed by atoms with Crippen LogP contribution in [-0.2, 0) is 9.68 Å². The van der Waals surface area contributed by atoms with Gasteiger partial charge in [-0.2, -0.15) is 0 Å². The normalized spacial score (nSPS) is 10.5. The zero-order valence-corrected chi connectivity index (χ0v) is 10.8. The fourth-order valence-corrected chi connectivity index (χ4v) is 0.634. The summed E-state index contributed by atoms with van der Waals surface area (Å²) < 4.78 is 0. The van der Waals surface area contributed by atoms with Gasteiger partial charge in [-0.1, -0.05) is 12.2 Å². The van der Waals surface area contributed by atoms with Gasteiger partial charge in [0, 0.05) is 0 Å². The van der Waals surface area contributed by atoms with Gasteiger partial charge in [-0.3, -0.25) is 9.68 Å². The highest BCUT2D eigenvalue weighted by atomic mass is 16.9. The first-order chi connectivity index (χ1) is 7.58. The molecule has 0 fully saturated rings. The fraction of sp³-hybridized carbons (Fsp3) is 1.00. The smallest absolute Gasteiger partial charge is 0.0942 e. The predicted molar refractivity (Wildman–Crippen MR) is 62.7 cm³/mol. The lowest BCUT2D eigenvalue weighted by Gasteiger charge is -2.19. The van der Waals surface area contributed by atoms with E-state index in [1.54, 1.807) is 0 Å². The van der Waals surface area contributed by atoms with Gasteiger partial charge in [0.15, 0.2) is 0 Å². The van der Waals surface area contributed by atoms with Gasteiger partial charge in [0.1, 0.15) is 0 Å². The minimum Gasteiger partial charge on any atom is -0.394 e. The minimum atomic E-state index is -0.0390. The van der Waals surface area contributed by atoms with Crippen molar-refractivity contribution in [2.75, 3.05) is 54.1 Å². The predicted octanol–water partition coefficient (Wildman–Crippen LogP) is -0.276. The van der Waals surface area contributed by atoms with Crippen LogP contribution in [0.15, 0.2) is 0 Å². The van der Waals surface area contributed by atoms with Crippen LogP contribution in [0.2, 0.25) is 0 Å². The van der Waals surface area contributed by atoms with Crippen LogP contribution in [0.3, 0.4) is 0 Å². The Bertz CT molecular complexity index is 115. The van der Waals surface area contributed by atoms with E-state index in [0.29, 0.717) is 6.54 Å². The van der Waals surface area contributed by atoms with E-state index in [0.717, 1.165) is 6.42 Å². The van der Waals surface area contributed by atoms with Gasteiger partial charge < -0.3 is 15.1 Å². The molecule has 0 aliphatic rings. The van der Waals surface area contributed by atoms with Gasteiger partial charge in [0.2, 0.25) is 0 Å². The molecule has 0 radical (unpaired) electrons. The topological polar surface area (TPSA) is 65.4 Å². The van der Waals surface area contributed by atoms with Crippen molar-refractivity contribution in [2.24, 2.45) is 0 Å². The third kappa shape index (κ3) is 19.4. The van der Waals surface area contributed by atoms with Crippen LogP contribution in [0.25, 0.3) is 0 Å². The van der Waals surface area contributed by atoms with E-state index in [-0.39, 0.29) is 26.4 Å². The van der Waals surface area contributed by atoms with Crippen molar-refractivity contribution in [1.82, 2.24) is 10.1 Å². The third-order valence-corrected chi connectivity index (χ3v) is 1.06. The molecular weight excluding hydrogens is 212 g/mol. The number of hydroxylamine groups is 2. The lowest BCUT2D eigenvalue weighted by molar-refractivity contribution is -0.371. The van der Waals surface area contributed by atoms with Gasteiger partial charge in [0.05, 0.1) is 33.0 Å². The summed E-state index contributed by atoms with van der Waals surface area (Å²) >= 11 is 0. The van der Waals surface area contributed by atoms with Crippen LogP contribution in [0.1, 0.15) is 13.3 Å². The lowest BCUT2D eigenvalue weighted by atomic mass is 10.5. The average molecular weight is 238 g/mol. The largest absolute Gasteiger partial charge is 0.394 e. The number of hydrogen-bond acceptors (Lipinski definition) is 6. The van der Waals surface area contributed by atoms with Gasteiger partial charge >= 0.3 is 0 Å². The van der Waals surface area contributed by atoms with E-state index in [9.17, 15) is 0 Å². The molecule has 0 saturated heterocycles. The summed E-state index contributed by atoms with van der Waals surface area (Å²) in [7, 11) is 6.00. The summed E-state index contributed by atoms with van der Waals surface area (Å²) in [4.78, 5) is 12.0. The number of aliphatic hydroxyl groups excluding tert-OH is 2. The highest BCUT2D eigenvalue weighted by Crippen LogP contribution is 1.93. The third-order valence-electron chi connectivity index (χ3n) is 1.06. The molecule has 0 amide bonds. The molecule has 0 aliphatic carbocycles. The molecule has 6 nitrogen and oxygen atoms in total. The Hall–Kier alpha value is -0.240. The van der Waals surface area contributed by atoms with E-state index < -0.39 is 0 Å². The summed E-state index contributed by atoms with van der Waals surface area (Å²) in [6.45, 7) is 2.96. The molecule has 100 valence electrons. The molecule has 0 bridgehead atoms. The summed E-state index contributed by atoms with van der Waals surface area (Å²) in [6, 6.07) is 0. The highest BCUT2D eigenvalue weighted by Gasteiger charge is 2.02. The molecule has 6 heteroatoms. The van der Waals surface area contributed by atoms with Crippen LogP contribution in [-0.4, -0.2) is 74.5 Å². The monoisotopic (exact) mass is 238 g/mol. The first-order valence-electron chi connectivity index (χ1n) is 5.44. The fourth-order valence-electron chi connectivity index (χ4n) is 0.634. The molecule has 0 rings (SSSR count). The van der Waals surface area contributed by atoms with Crippen molar-refractivity contribution in [3.8, 4) is 0 Å². The van der Waals surface area contributed by atoms with Crippen molar-refractivity contribution < 1.29 is 19.9 Å². The maximum absolute atomic E-state index is 8.45. The first-order valence-corrected chi connectivity index (χ1v) is 5.44. The number of aliphatic hydroxyl groups is 2. The van der Waals surface area contributed by atoms with Crippen LogP contribution < -0.4 is 0 Å². The Morgan fingerprint density at radius 2 is 1.31 bits per heavy atom. The molecule has 0 aliphatic heterocycles. The molecule has 0 aromatic carbocycles. The molecule has 0 spiro atoms. The Balaban J connectivity index is 0. The highest BCUT2D eigenvalue weighted by molar-refractivity contribution is 4.30. The second kappa shape index (κ2) is 14.8.